The SMILES string of the molecule is Cl.O=C(CCl)N1CCN(c2ccc(O)cc2)CC1. The van der Waals surface area contributed by atoms with E-state index >= 15 is 0 Å². The van der Waals surface area contributed by atoms with E-state index in [1.165, 1.54) is 0 Å². The third kappa shape index (κ3) is 3.43. The Labute approximate surface area is 118 Å². The number of hydrogen-bond acceptors (Lipinski definition) is 3. The molecule has 18 heavy (non-hydrogen) atoms. The minimum absolute atomic E-state index is 0. The number of aromatic hydroxyl groups is 1. The van der Waals surface area contributed by atoms with Gasteiger partial charge in [-0.25, -0.2) is 0 Å². The maximum absolute atomic E-state index is 11.4. The molecule has 1 aromatic carbocycles. The van der Waals surface area contributed by atoms with E-state index in [1.807, 2.05) is 12.1 Å². The molecule has 2 rings (SSSR count). The van der Waals surface area contributed by atoms with Gasteiger partial charge in [0.05, 0.1) is 0 Å². The molecule has 0 saturated carbocycles. The fourth-order valence-electron chi connectivity index (χ4n) is 1.96. The smallest absolute Gasteiger partial charge is 0.237 e. The summed E-state index contributed by atoms with van der Waals surface area (Å²) in [5.74, 6) is 0.320. The second-order valence-electron chi connectivity index (χ2n) is 4.02. The van der Waals surface area contributed by atoms with Crippen molar-refractivity contribution in [1.29, 1.82) is 0 Å². The second kappa shape index (κ2) is 6.71. The van der Waals surface area contributed by atoms with Crippen LogP contribution < -0.4 is 4.90 Å². The molecule has 0 bridgehead atoms. The van der Waals surface area contributed by atoms with Gasteiger partial charge >= 0.3 is 0 Å². The van der Waals surface area contributed by atoms with Crippen molar-refractivity contribution in [3.8, 4) is 5.75 Å². The molecule has 0 aromatic heterocycles. The van der Waals surface area contributed by atoms with E-state index in [9.17, 15) is 9.90 Å². The van der Waals surface area contributed by atoms with Gasteiger partial charge in [-0.05, 0) is 24.3 Å². The third-order valence-electron chi connectivity index (χ3n) is 2.96. The van der Waals surface area contributed by atoms with Gasteiger partial charge < -0.3 is 14.9 Å². The van der Waals surface area contributed by atoms with E-state index in [2.05, 4.69) is 4.90 Å². The molecular formula is C12H16Cl2N2O2. The standard InChI is InChI=1S/C12H15ClN2O2.ClH/c13-9-12(17)15-7-5-14(6-8-15)10-1-3-11(16)4-2-10;/h1-4,16H,5-9H2;1H. The van der Waals surface area contributed by atoms with Crippen molar-refractivity contribution in [3.63, 3.8) is 0 Å². The number of nitrogens with zero attached hydrogens (tertiary/aromatic N) is 2. The number of benzene rings is 1. The first-order chi connectivity index (χ1) is 8.20. The summed E-state index contributed by atoms with van der Waals surface area (Å²) in [5.41, 5.74) is 1.07. The van der Waals surface area contributed by atoms with Crippen LogP contribution in [0.3, 0.4) is 0 Å². The van der Waals surface area contributed by atoms with Crippen molar-refractivity contribution in [3.05, 3.63) is 24.3 Å². The summed E-state index contributed by atoms with van der Waals surface area (Å²) in [6, 6.07) is 7.11. The number of halogens is 2. The van der Waals surface area contributed by atoms with Gasteiger partial charge in [0.25, 0.3) is 0 Å². The number of anilines is 1. The normalized spacial score (nSPS) is 15.2. The zero-order valence-electron chi connectivity index (χ0n) is 9.88. The quantitative estimate of drug-likeness (QED) is 0.844. The maximum atomic E-state index is 11.4. The van der Waals surface area contributed by atoms with Crippen LogP contribution in [-0.4, -0.2) is 48.0 Å². The average molecular weight is 291 g/mol. The Bertz CT molecular complexity index is 390. The minimum Gasteiger partial charge on any atom is -0.508 e. The number of rotatable bonds is 2. The Balaban J connectivity index is 0.00000162. The highest BCUT2D eigenvalue weighted by Crippen LogP contribution is 2.19. The van der Waals surface area contributed by atoms with Crippen LogP contribution in [0, 0.1) is 0 Å². The molecule has 0 aliphatic carbocycles. The topological polar surface area (TPSA) is 43.8 Å². The van der Waals surface area contributed by atoms with E-state index in [0.717, 1.165) is 18.8 Å². The van der Waals surface area contributed by atoms with Gasteiger partial charge in [-0.1, -0.05) is 0 Å². The summed E-state index contributed by atoms with van der Waals surface area (Å²) in [6.07, 6.45) is 0. The number of hydrogen-bond donors (Lipinski definition) is 1. The van der Waals surface area contributed by atoms with Crippen LogP contribution in [0.5, 0.6) is 5.75 Å². The van der Waals surface area contributed by atoms with E-state index in [1.54, 1.807) is 17.0 Å². The molecular weight excluding hydrogens is 275 g/mol. The van der Waals surface area contributed by atoms with Gasteiger partial charge in [0.1, 0.15) is 11.6 Å². The van der Waals surface area contributed by atoms with E-state index in [0.29, 0.717) is 13.1 Å². The molecule has 1 aliphatic rings. The lowest BCUT2D eigenvalue weighted by atomic mass is 10.2. The van der Waals surface area contributed by atoms with Crippen molar-refractivity contribution in [2.24, 2.45) is 0 Å². The van der Waals surface area contributed by atoms with Crippen molar-refractivity contribution in [1.82, 2.24) is 4.90 Å². The molecule has 6 heteroatoms. The zero-order chi connectivity index (χ0) is 12.3. The lowest BCUT2D eigenvalue weighted by Gasteiger charge is -2.35. The molecule has 1 amide bonds. The van der Waals surface area contributed by atoms with Crippen LogP contribution >= 0.6 is 24.0 Å². The minimum atomic E-state index is -0.00276. The fraction of sp³-hybridized carbons (Fsp3) is 0.417. The molecule has 100 valence electrons. The summed E-state index contributed by atoms with van der Waals surface area (Å²) < 4.78 is 0. The van der Waals surface area contributed by atoms with E-state index in [-0.39, 0.29) is 29.9 Å². The van der Waals surface area contributed by atoms with Crippen molar-refractivity contribution in [2.75, 3.05) is 37.0 Å². The number of carbonyl (C=O) groups is 1. The first-order valence-corrected chi connectivity index (χ1v) is 6.12. The van der Waals surface area contributed by atoms with Crippen LogP contribution in [-0.2, 0) is 4.79 Å². The molecule has 0 radical (unpaired) electrons. The molecule has 4 nitrogen and oxygen atoms in total. The largest absolute Gasteiger partial charge is 0.508 e. The summed E-state index contributed by atoms with van der Waals surface area (Å²) >= 11 is 5.52. The highest BCUT2D eigenvalue weighted by Gasteiger charge is 2.20. The van der Waals surface area contributed by atoms with Gasteiger partial charge in [-0.2, -0.15) is 0 Å². The Hall–Kier alpha value is -1.13. The summed E-state index contributed by atoms with van der Waals surface area (Å²) in [7, 11) is 0. The molecule has 1 heterocycles. The maximum Gasteiger partial charge on any atom is 0.237 e. The van der Waals surface area contributed by atoms with Crippen molar-refractivity contribution in [2.45, 2.75) is 0 Å². The summed E-state index contributed by atoms with van der Waals surface area (Å²) in [4.78, 5) is 15.4. The molecule has 0 spiro atoms. The molecule has 1 N–H and O–H groups in total. The summed E-state index contributed by atoms with van der Waals surface area (Å²) in [5, 5.41) is 9.22. The monoisotopic (exact) mass is 290 g/mol. The fourth-order valence-corrected chi connectivity index (χ4v) is 2.13. The Morgan fingerprint density at radius 3 is 2.22 bits per heavy atom. The average Bonchev–Trinajstić information content (AvgIpc) is 2.39. The van der Waals surface area contributed by atoms with Gasteiger partial charge in [0.2, 0.25) is 5.91 Å². The van der Waals surface area contributed by atoms with Crippen LogP contribution in [0.25, 0.3) is 0 Å². The number of phenols is 1. The van der Waals surface area contributed by atoms with E-state index in [4.69, 9.17) is 11.6 Å². The van der Waals surface area contributed by atoms with Gasteiger partial charge in [-0.3, -0.25) is 4.79 Å². The predicted octanol–water partition coefficient (Wildman–Crippen LogP) is 1.70. The van der Waals surface area contributed by atoms with Gasteiger partial charge in [-0.15, -0.1) is 24.0 Å². The zero-order valence-corrected chi connectivity index (χ0v) is 11.5. The van der Waals surface area contributed by atoms with Crippen molar-refractivity contribution >= 4 is 35.6 Å². The first-order valence-electron chi connectivity index (χ1n) is 5.58. The van der Waals surface area contributed by atoms with Crippen molar-refractivity contribution < 1.29 is 9.90 Å². The lowest BCUT2D eigenvalue weighted by Crippen LogP contribution is -2.49. The number of carbonyl (C=O) groups excluding carboxylic acids is 1. The van der Waals surface area contributed by atoms with Crippen LogP contribution in [0.15, 0.2) is 24.3 Å². The molecule has 1 saturated heterocycles. The number of amides is 1. The Kier molecular flexibility index (Phi) is 5.56. The second-order valence-corrected chi connectivity index (χ2v) is 4.29. The predicted molar refractivity (Wildman–Crippen MR) is 74.9 cm³/mol. The molecule has 0 unspecified atom stereocenters. The number of phenolic OH excluding ortho intramolecular Hbond substituents is 1. The third-order valence-corrected chi connectivity index (χ3v) is 3.19. The Morgan fingerprint density at radius 1 is 1.17 bits per heavy atom. The summed E-state index contributed by atoms with van der Waals surface area (Å²) in [6.45, 7) is 3.00. The van der Waals surface area contributed by atoms with E-state index < -0.39 is 0 Å². The van der Waals surface area contributed by atoms with Crippen LogP contribution in [0.2, 0.25) is 0 Å². The molecule has 0 atom stereocenters. The highest BCUT2D eigenvalue weighted by atomic mass is 35.5. The number of alkyl halides is 1. The lowest BCUT2D eigenvalue weighted by molar-refractivity contribution is -0.128. The van der Waals surface area contributed by atoms with Crippen LogP contribution in [0.1, 0.15) is 0 Å². The number of piperazine rings is 1. The highest BCUT2D eigenvalue weighted by molar-refractivity contribution is 6.27. The van der Waals surface area contributed by atoms with Gasteiger partial charge in [0.15, 0.2) is 0 Å². The Morgan fingerprint density at radius 2 is 1.72 bits per heavy atom. The first kappa shape index (κ1) is 14.9. The molecule has 1 fully saturated rings. The van der Waals surface area contributed by atoms with Crippen LogP contribution in [0.4, 0.5) is 5.69 Å². The van der Waals surface area contributed by atoms with Gasteiger partial charge in [0, 0.05) is 31.9 Å². The molecule has 1 aromatic rings. The molecule has 1 aliphatic heterocycles.